The number of nitrogens with zero attached hydrogens (tertiary/aromatic N) is 1. The molecule has 2 unspecified atom stereocenters. The number of carbonyl (C=O) groups excluding carboxylic acids is 1. The lowest BCUT2D eigenvalue weighted by Gasteiger charge is -2.21. The summed E-state index contributed by atoms with van der Waals surface area (Å²) in [6.45, 7) is 3.74. The quantitative estimate of drug-likeness (QED) is 0.846. The van der Waals surface area contributed by atoms with E-state index in [-0.39, 0.29) is 18.6 Å². The minimum absolute atomic E-state index is 0.194. The Labute approximate surface area is 125 Å². The Kier molecular flexibility index (Phi) is 4.83. The van der Waals surface area contributed by atoms with Gasteiger partial charge in [0.25, 0.3) is 0 Å². The van der Waals surface area contributed by atoms with Crippen molar-refractivity contribution in [3.8, 4) is 0 Å². The molecule has 114 valence electrons. The third-order valence-corrected chi connectivity index (χ3v) is 3.78. The van der Waals surface area contributed by atoms with Crippen LogP contribution in [0.4, 0.5) is 10.5 Å². The summed E-state index contributed by atoms with van der Waals surface area (Å²) in [5.41, 5.74) is 1.67. The number of nitrogens with one attached hydrogen (secondary N) is 1. The van der Waals surface area contributed by atoms with E-state index in [9.17, 15) is 9.59 Å². The highest BCUT2D eigenvalue weighted by molar-refractivity contribution is 5.96. The van der Waals surface area contributed by atoms with E-state index in [2.05, 4.69) is 12.2 Å². The molecule has 2 rings (SSSR count). The Bertz CT molecular complexity index is 513. The van der Waals surface area contributed by atoms with E-state index in [0.29, 0.717) is 11.6 Å². The van der Waals surface area contributed by atoms with Gasteiger partial charge in [0.05, 0.1) is 0 Å². The van der Waals surface area contributed by atoms with Gasteiger partial charge in [0.15, 0.2) is 0 Å². The molecule has 0 aromatic heterocycles. The fraction of sp³-hybridized carbons (Fsp3) is 0.500. The topological polar surface area (TPSA) is 69.6 Å². The molecule has 0 spiro atoms. The minimum atomic E-state index is -1.02. The Morgan fingerprint density at radius 1 is 1.33 bits per heavy atom. The first-order valence-electron chi connectivity index (χ1n) is 7.37. The monoisotopic (exact) mass is 290 g/mol. The van der Waals surface area contributed by atoms with Gasteiger partial charge < -0.3 is 10.4 Å². The van der Waals surface area contributed by atoms with Gasteiger partial charge in [-0.25, -0.2) is 4.79 Å². The number of rotatable bonds is 6. The predicted molar refractivity (Wildman–Crippen MR) is 81.5 cm³/mol. The number of benzene rings is 1. The first-order chi connectivity index (χ1) is 10.0. The minimum Gasteiger partial charge on any atom is -0.480 e. The number of carboxylic acid groups (broad SMARTS) is 1. The highest BCUT2D eigenvalue weighted by Gasteiger charge is 2.38. The summed E-state index contributed by atoms with van der Waals surface area (Å²) < 4.78 is 0. The van der Waals surface area contributed by atoms with Gasteiger partial charge in [-0.05, 0) is 37.8 Å². The Hall–Kier alpha value is -2.04. The van der Waals surface area contributed by atoms with Crippen LogP contribution in [-0.2, 0) is 4.79 Å². The molecule has 0 radical (unpaired) electrons. The summed E-state index contributed by atoms with van der Waals surface area (Å²) in [5, 5.41) is 11.9. The number of aliphatic carboxylic acids is 1. The number of hydrogen-bond donors (Lipinski definition) is 2. The molecule has 5 nitrogen and oxygen atoms in total. The van der Waals surface area contributed by atoms with Crippen LogP contribution < -0.4 is 10.2 Å². The molecular formula is C16H22N2O3. The van der Waals surface area contributed by atoms with Gasteiger partial charge in [0, 0.05) is 11.7 Å². The number of urea groups is 1. The molecule has 21 heavy (non-hydrogen) atoms. The summed E-state index contributed by atoms with van der Waals surface area (Å²) in [7, 11) is 0. The van der Waals surface area contributed by atoms with Crippen LogP contribution in [0.15, 0.2) is 24.3 Å². The van der Waals surface area contributed by atoms with Crippen LogP contribution in [0.25, 0.3) is 0 Å². The van der Waals surface area contributed by atoms with Crippen molar-refractivity contribution >= 4 is 17.7 Å². The van der Waals surface area contributed by atoms with Crippen molar-refractivity contribution in [1.29, 1.82) is 0 Å². The van der Waals surface area contributed by atoms with Gasteiger partial charge in [-0.3, -0.25) is 9.69 Å². The van der Waals surface area contributed by atoms with E-state index in [1.807, 2.05) is 19.1 Å². The summed E-state index contributed by atoms with van der Waals surface area (Å²) in [6, 6.07) is 7.15. The third-order valence-electron chi connectivity index (χ3n) is 3.78. The molecule has 0 bridgehead atoms. The first kappa shape index (κ1) is 15.4. The fourth-order valence-electron chi connectivity index (χ4n) is 2.49. The largest absolute Gasteiger partial charge is 0.480 e. The zero-order valence-corrected chi connectivity index (χ0v) is 12.5. The number of hydrogen-bond acceptors (Lipinski definition) is 2. The summed E-state index contributed by atoms with van der Waals surface area (Å²) in [5.74, 6) is -0.477. The maximum atomic E-state index is 12.3. The smallest absolute Gasteiger partial charge is 0.323 e. The van der Waals surface area contributed by atoms with Crippen LogP contribution in [0.5, 0.6) is 0 Å². The van der Waals surface area contributed by atoms with Gasteiger partial charge in [-0.2, -0.15) is 0 Å². The van der Waals surface area contributed by atoms with Crippen molar-refractivity contribution in [3.63, 3.8) is 0 Å². The van der Waals surface area contributed by atoms with Gasteiger partial charge in [-0.1, -0.05) is 31.0 Å². The molecule has 5 heteroatoms. The Morgan fingerprint density at radius 2 is 2.00 bits per heavy atom. The lowest BCUT2D eigenvalue weighted by molar-refractivity contribution is -0.135. The molecular weight excluding hydrogens is 268 g/mol. The average Bonchev–Trinajstić information content (AvgIpc) is 3.15. The van der Waals surface area contributed by atoms with Crippen molar-refractivity contribution < 1.29 is 14.7 Å². The summed E-state index contributed by atoms with van der Waals surface area (Å²) in [6.07, 6.45) is 3.20. The highest BCUT2D eigenvalue weighted by atomic mass is 16.4. The molecule has 2 N–H and O–H groups in total. The number of amides is 2. The van der Waals surface area contributed by atoms with E-state index in [4.69, 9.17) is 5.11 Å². The Balaban J connectivity index is 2.03. The van der Waals surface area contributed by atoms with Crippen molar-refractivity contribution in [2.45, 2.75) is 39.2 Å². The average molecular weight is 290 g/mol. The van der Waals surface area contributed by atoms with Gasteiger partial charge in [0.2, 0.25) is 0 Å². The molecule has 2 amide bonds. The molecule has 0 heterocycles. The van der Waals surface area contributed by atoms with Crippen LogP contribution in [0.3, 0.4) is 0 Å². The van der Waals surface area contributed by atoms with Gasteiger partial charge in [0.1, 0.15) is 6.54 Å². The molecule has 2 atom stereocenters. The molecule has 1 aromatic carbocycles. The van der Waals surface area contributed by atoms with Crippen LogP contribution >= 0.6 is 0 Å². The first-order valence-corrected chi connectivity index (χ1v) is 7.37. The Morgan fingerprint density at radius 3 is 2.57 bits per heavy atom. The lowest BCUT2D eigenvalue weighted by Crippen LogP contribution is -2.44. The second-order valence-electron chi connectivity index (χ2n) is 5.66. The molecule has 1 fully saturated rings. The van der Waals surface area contributed by atoms with Crippen LogP contribution in [0.2, 0.25) is 0 Å². The molecule has 0 saturated heterocycles. The standard InChI is InChI=1S/C16H22N2O3/c1-3-4-12-9-14(12)17-16(21)18(10-15(19)20)13-7-5-11(2)6-8-13/h5-8,12,14H,3-4,9-10H2,1-2H3,(H,17,21)(H,19,20). The predicted octanol–water partition coefficient (Wildman–Crippen LogP) is 2.78. The second-order valence-corrected chi connectivity index (χ2v) is 5.66. The summed E-state index contributed by atoms with van der Waals surface area (Å²) >= 11 is 0. The van der Waals surface area contributed by atoms with E-state index in [0.717, 1.165) is 24.8 Å². The normalized spacial score (nSPS) is 19.9. The third kappa shape index (κ3) is 4.21. The van der Waals surface area contributed by atoms with Crippen LogP contribution in [0, 0.1) is 12.8 Å². The number of carboxylic acids is 1. The van der Waals surface area contributed by atoms with Crippen molar-refractivity contribution in [1.82, 2.24) is 5.32 Å². The van der Waals surface area contributed by atoms with Gasteiger partial charge >= 0.3 is 12.0 Å². The molecule has 1 aliphatic rings. The molecule has 1 aliphatic carbocycles. The summed E-state index contributed by atoms with van der Waals surface area (Å²) in [4.78, 5) is 24.6. The van der Waals surface area contributed by atoms with Gasteiger partial charge in [-0.15, -0.1) is 0 Å². The van der Waals surface area contributed by atoms with Crippen molar-refractivity contribution in [2.24, 2.45) is 5.92 Å². The lowest BCUT2D eigenvalue weighted by atomic mass is 10.2. The zero-order chi connectivity index (χ0) is 15.4. The maximum Gasteiger partial charge on any atom is 0.323 e. The molecule has 1 saturated carbocycles. The zero-order valence-electron chi connectivity index (χ0n) is 12.5. The molecule has 0 aliphatic heterocycles. The van der Waals surface area contributed by atoms with E-state index >= 15 is 0 Å². The van der Waals surface area contributed by atoms with Crippen LogP contribution in [0.1, 0.15) is 31.7 Å². The number of anilines is 1. The van der Waals surface area contributed by atoms with Crippen molar-refractivity contribution in [2.75, 3.05) is 11.4 Å². The van der Waals surface area contributed by atoms with E-state index in [1.165, 1.54) is 4.90 Å². The number of aryl methyl sites for hydroxylation is 1. The van der Waals surface area contributed by atoms with Crippen LogP contribution in [-0.4, -0.2) is 29.7 Å². The SMILES string of the molecule is CCCC1CC1NC(=O)N(CC(=O)O)c1ccc(C)cc1. The van der Waals surface area contributed by atoms with Crippen molar-refractivity contribution in [3.05, 3.63) is 29.8 Å². The highest BCUT2D eigenvalue weighted by Crippen LogP contribution is 2.34. The van der Waals surface area contributed by atoms with E-state index in [1.54, 1.807) is 12.1 Å². The molecule has 1 aromatic rings. The van der Waals surface area contributed by atoms with E-state index < -0.39 is 5.97 Å². The maximum absolute atomic E-state index is 12.3. The number of carbonyl (C=O) groups is 2. The fourth-order valence-corrected chi connectivity index (χ4v) is 2.49. The second kappa shape index (κ2) is 6.61.